The van der Waals surface area contributed by atoms with Crippen LogP contribution in [-0.2, 0) is 4.79 Å². The van der Waals surface area contributed by atoms with E-state index in [1.54, 1.807) is 42.4 Å². The van der Waals surface area contributed by atoms with Gasteiger partial charge in [-0.25, -0.2) is 4.99 Å². The van der Waals surface area contributed by atoms with Gasteiger partial charge in [0.25, 0.3) is 5.91 Å². The van der Waals surface area contributed by atoms with Crippen LogP contribution < -0.4 is 9.64 Å². The van der Waals surface area contributed by atoms with Crippen LogP contribution in [0.4, 0.5) is 5.69 Å². The van der Waals surface area contributed by atoms with E-state index in [0.717, 1.165) is 11.1 Å². The lowest BCUT2D eigenvalue weighted by molar-refractivity contribution is -0.113. The maximum absolute atomic E-state index is 13.2. The number of phenolic OH excluding ortho intramolecular Hbond substituents is 1. The number of ether oxygens (including phenoxy) is 1. The van der Waals surface area contributed by atoms with E-state index in [2.05, 4.69) is 4.99 Å². The molecule has 1 heterocycles. The second kappa shape index (κ2) is 7.40. The zero-order valence-electron chi connectivity index (χ0n) is 15.2. The Kier molecular flexibility index (Phi) is 4.64. The third-order valence-electron chi connectivity index (χ3n) is 4.40. The Bertz CT molecular complexity index is 1070. The Morgan fingerprint density at radius 1 is 0.964 bits per heavy atom. The first kappa shape index (κ1) is 17.5. The average molecular weight is 370 g/mol. The molecule has 0 spiro atoms. The molecule has 0 radical (unpaired) electrons. The van der Waals surface area contributed by atoms with Crippen LogP contribution in [-0.4, -0.2) is 24.0 Å². The molecule has 1 N–H and O–H groups in total. The quantitative estimate of drug-likeness (QED) is 0.699. The highest BCUT2D eigenvalue weighted by Gasteiger charge is 2.32. The van der Waals surface area contributed by atoms with Gasteiger partial charge in [0.15, 0.2) is 0 Å². The van der Waals surface area contributed by atoms with Gasteiger partial charge >= 0.3 is 0 Å². The fourth-order valence-electron chi connectivity index (χ4n) is 3.03. The van der Waals surface area contributed by atoms with Gasteiger partial charge in [-0.15, -0.1) is 0 Å². The standard InChI is InChI=1S/C23H18N2O3/c1-28-20-9-5-6-16(14-20)15-21-23(27)25(18-10-12-19(26)13-11-18)22(24-21)17-7-3-2-4-8-17/h2-15,26H,1H3/b21-15+. The zero-order valence-corrected chi connectivity index (χ0v) is 15.2. The van der Waals surface area contributed by atoms with E-state index < -0.39 is 0 Å². The van der Waals surface area contributed by atoms with Crippen LogP contribution in [0.25, 0.3) is 6.08 Å². The van der Waals surface area contributed by atoms with Crippen molar-refractivity contribution in [3.8, 4) is 11.5 Å². The molecule has 4 rings (SSSR count). The van der Waals surface area contributed by atoms with Crippen molar-refractivity contribution in [1.29, 1.82) is 0 Å². The Balaban J connectivity index is 1.80. The largest absolute Gasteiger partial charge is 0.508 e. The van der Waals surface area contributed by atoms with Crippen LogP contribution in [0, 0.1) is 0 Å². The topological polar surface area (TPSA) is 62.1 Å². The van der Waals surface area contributed by atoms with Crippen molar-refractivity contribution >= 4 is 23.5 Å². The monoisotopic (exact) mass is 370 g/mol. The lowest BCUT2D eigenvalue weighted by atomic mass is 10.1. The number of rotatable bonds is 4. The fraction of sp³-hybridized carbons (Fsp3) is 0.0435. The molecule has 138 valence electrons. The van der Waals surface area contributed by atoms with Gasteiger partial charge in [0.2, 0.25) is 0 Å². The highest BCUT2D eigenvalue weighted by Crippen LogP contribution is 2.29. The summed E-state index contributed by atoms with van der Waals surface area (Å²) < 4.78 is 5.25. The molecular weight excluding hydrogens is 352 g/mol. The van der Waals surface area contributed by atoms with Gasteiger partial charge in [0.1, 0.15) is 23.0 Å². The molecule has 0 atom stereocenters. The molecule has 1 amide bonds. The number of hydrogen-bond donors (Lipinski definition) is 1. The molecule has 28 heavy (non-hydrogen) atoms. The first-order valence-electron chi connectivity index (χ1n) is 8.79. The molecule has 0 saturated carbocycles. The number of aromatic hydroxyl groups is 1. The van der Waals surface area contributed by atoms with Crippen molar-refractivity contribution in [1.82, 2.24) is 0 Å². The number of aliphatic imine (C=N–C) groups is 1. The summed E-state index contributed by atoms with van der Waals surface area (Å²) in [6.07, 6.45) is 1.74. The molecule has 3 aromatic rings. The Labute approximate surface area is 162 Å². The minimum absolute atomic E-state index is 0.140. The van der Waals surface area contributed by atoms with Crippen LogP contribution in [0.3, 0.4) is 0 Å². The number of amidine groups is 1. The van der Waals surface area contributed by atoms with E-state index in [1.165, 1.54) is 0 Å². The molecule has 0 fully saturated rings. The normalized spacial score (nSPS) is 15.0. The molecule has 5 heteroatoms. The Hall–Kier alpha value is -3.86. The lowest BCUT2D eigenvalue weighted by Gasteiger charge is -2.18. The molecule has 5 nitrogen and oxygen atoms in total. The smallest absolute Gasteiger partial charge is 0.282 e. The minimum Gasteiger partial charge on any atom is -0.508 e. The van der Waals surface area contributed by atoms with E-state index in [-0.39, 0.29) is 11.7 Å². The van der Waals surface area contributed by atoms with Gasteiger partial charge < -0.3 is 9.84 Å². The number of nitrogens with zero attached hydrogens (tertiary/aromatic N) is 2. The Morgan fingerprint density at radius 2 is 1.71 bits per heavy atom. The molecule has 3 aromatic carbocycles. The number of phenols is 1. The molecule has 1 aliphatic heterocycles. The van der Waals surface area contributed by atoms with E-state index in [1.807, 2.05) is 54.6 Å². The molecule has 0 aliphatic carbocycles. The summed E-state index contributed by atoms with van der Waals surface area (Å²) in [7, 11) is 1.60. The van der Waals surface area contributed by atoms with Crippen molar-refractivity contribution in [2.45, 2.75) is 0 Å². The second-order valence-corrected chi connectivity index (χ2v) is 6.26. The van der Waals surface area contributed by atoms with E-state index in [9.17, 15) is 9.90 Å². The lowest BCUT2D eigenvalue weighted by Crippen LogP contribution is -2.32. The predicted octanol–water partition coefficient (Wildman–Crippen LogP) is 4.24. The molecule has 0 saturated heterocycles. The van der Waals surface area contributed by atoms with Gasteiger partial charge in [0.05, 0.1) is 12.8 Å². The third-order valence-corrected chi connectivity index (χ3v) is 4.40. The molecule has 0 unspecified atom stereocenters. The maximum atomic E-state index is 13.2. The summed E-state index contributed by atoms with van der Waals surface area (Å²) in [5, 5.41) is 9.59. The van der Waals surface area contributed by atoms with Crippen LogP contribution in [0.5, 0.6) is 11.5 Å². The third kappa shape index (κ3) is 3.38. The highest BCUT2D eigenvalue weighted by atomic mass is 16.5. The number of methoxy groups -OCH3 is 1. The average Bonchev–Trinajstić information content (AvgIpc) is 3.05. The highest BCUT2D eigenvalue weighted by molar-refractivity contribution is 6.33. The molecule has 0 aromatic heterocycles. The van der Waals surface area contributed by atoms with Crippen LogP contribution >= 0.6 is 0 Å². The van der Waals surface area contributed by atoms with Crippen LogP contribution in [0.15, 0.2) is 89.6 Å². The van der Waals surface area contributed by atoms with Crippen molar-refractivity contribution in [2.24, 2.45) is 4.99 Å². The number of hydrogen-bond acceptors (Lipinski definition) is 4. The first-order valence-corrected chi connectivity index (χ1v) is 8.79. The SMILES string of the molecule is COc1cccc(/C=C2/N=C(c3ccccc3)N(c3ccc(O)cc3)C2=O)c1. The zero-order chi connectivity index (χ0) is 19.5. The van der Waals surface area contributed by atoms with Crippen molar-refractivity contribution in [2.75, 3.05) is 12.0 Å². The van der Waals surface area contributed by atoms with Gasteiger partial charge in [0, 0.05) is 5.56 Å². The summed E-state index contributed by atoms with van der Waals surface area (Å²) in [5.41, 5.74) is 2.63. The summed E-state index contributed by atoms with van der Waals surface area (Å²) in [6.45, 7) is 0. The van der Waals surface area contributed by atoms with Gasteiger partial charge in [-0.3, -0.25) is 9.69 Å². The Morgan fingerprint density at radius 3 is 2.43 bits per heavy atom. The van der Waals surface area contributed by atoms with Crippen molar-refractivity contribution < 1.29 is 14.6 Å². The molecule has 1 aliphatic rings. The predicted molar refractivity (Wildman–Crippen MR) is 110 cm³/mol. The minimum atomic E-state index is -0.229. The summed E-state index contributed by atoms with van der Waals surface area (Å²) in [5.74, 6) is 1.17. The van der Waals surface area contributed by atoms with Crippen molar-refractivity contribution in [3.05, 3.63) is 95.7 Å². The van der Waals surface area contributed by atoms with Gasteiger partial charge in [-0.2, -0.15) is 0 Å². The number of anilines is 1. The first-order chi connectivity index (χ1) is 13.7. The molecule has 0 bridgehead atoms. The number of amides is 1. The number of carbonyl (C=O) groups is 1. The summed E-state index contributed by atoms with van der Waals surface area (Å²) in [6, 6.07) is 23.5. The van der Waals surface area contributed by atoms with Crippen molar-refractivity contribution in [3.63, 3.8) is 0 Å². The molecular formula is C23H18N2O3. The van der Waals surface area contributed by atoms with Crippen LogP contribution in [0.1, 0.15) is 11.1 Å². The van der Waals surface area contributed by atoms with E-state index in [0.29, 0.717) is 23.0 Å². The maximum Gasteiger partial charge on any atom is 0.282 e. The number of carbonyl (C=O) groups excluding carboxylic acids is 1. The van der Waals surface area contributed by atoms with E-state index in [4.69, 9.17) is 4.74 Å². The number of benzene rings is 3. The van der Waals surface area contributed by atoms with Gasteiger partial charge in [-0.1, -0.05) is 42.5 Å². The second-order valence-electron chi connectivity index (χ2n) is 6.26. The van der Waals surface area contributed by atoms with Crippen LogP contribution in [0.2, 0.25) is 0 Å². The summed E-state index contributed by atoms with van der Waals surface area (Å²) >= 11 is 0. The summed E-state index contributed by atoms with van der Waals surface area (Å²) in [4.78, 5) is 19.4. The van der Waals surface area contributed by atoms with Gasteiger partial charge in [-0.05, 0) is 48.0 Å². The van der Waals surface area contributed by atoms with E-state index >= 15 is 0 Å². The fourth-order valence-corrected chi connectivity index (χ4v) is 3.03.